The lowest BCUT2D eigenvalue weighted by Gasteiger charge is -2.07. The Labute approximate surface area is 86.1 Å². The van der Waals surface area contributed by atoms with Crippen LogP contribution < -0.4 is 0 Å². The zero-order valence-electron chi connectivity index (χ0n) is 6.83. The molecule has 2 heteroatoms. The van der Waals surface area contributed by atoms with Crippen LogP contribution in [0, 0.1) is 24.3 Å². The van der Waals surface area contributed by atoms with E-state index < -0.39 is 0 Å². The maximum absolute atomic E-state index is 6.05. The van der Waals surface area contributed by atoms with Crippen LogP contribution in [0.25, 0.3) is 0 Å². The van der Waals surface area contributed by atoms with E-state index >= 15 is 0 Å². The largest absolute Gasteiger partial charge is 0.0837 e. The quantitative estimate of drug-likeness (QED) is 0.633. The van der Waals surface area contributed by atoms with E-state index in [1.807, 2.05) is 6.92 Å². The molecule has 0 nitrogen and oxygen atoms in total. The molecule has 0 amide bonds. The van der Waals surface area contributed by atoms with E-state index in [2.05, 4.69) is 42.5 Å². The van der Waals surface area contributed by atoms with E-state index in [4.69, 9.17) is 11.6 Å². The lowest BCUT2D eigenvalue weighted by molar-refractivity contribution is 1.27. The summed E-state index contributed by atoms with van der Waals surface area (Å²) in [5.41, 5.74) is 3.66. The van der Waals surface area contributed by atoms with Gasteiger partial charge < -0.3 is 0 Å². The molecular formula is C9H10ClI. The molecule has 1 aromatic carbocycles. The van der Waals surface area contributed by atoms with Crippen LogP contribution in [0.5, 0.6) is 0 Å². The Morgan fingerprint density at radius 3 is 2.27 bits per heavy atom. The lowest BCUT2D eigenvalue weighted by Crippen LogP contribution is -1.89. The maximum Gasteiger partial charge on any atom is 0.0467 e. The fourth-order valence-corrected chi connectivity index (χ4v) is 2.07. The fourth-order valence-electron chi connectivity index (χ4n) is 1.00. The zero-order chi connectivity index (χ0) is 8.59. The van der Waals surface area contributed by atoms with Crippen LogP contribution >= 0.6 is 34.2 Å². The summed E-state index contributed by atoms with van der Waals surface area (Å²) < 4.78 is 1.29. The van der Waals surface area contributed by atoms with Crippen molar-refractivity contribution in [3.05, 3.63) is 31.3 Å². The van der Waals surface area contributed by atoms with Crippen molar-refractivity contribution in [1.29, 1.82) is 0 Å². The van der Waals surface area contributed by atoms with Crippen molar-refractivity contribution in [3.63, 3.8) is 0 Å². The molecule has 0 aromatic heterocycles. The van der Waals surface area contributed by atoms with Crippen LogP contribution in [0.2, 0.25) is 5.02 Å². The number of hydrogen-bond donors (Lipinski definition) is 0. The highest BCUT2D eigenvalue weighted by molar-refractivity contribution is 14.1. The maximum atomic E-state index is 6.05. The van der Waals surface area contributed by atoms with Gasteiger partial charge in [0.1, 0.15) is 0 Å². The normalized spacial score (nSPS) is 10.3. The predicted molar refractivity (Wildman–Crippen MR) is 58.4 cm³/mol. The third kappa shape index (κ3) is 1.70. The van der Waals surface area contributed by atoms with Crippen LogP contribution in [-0.2, 0) is 0 Å². The van der Waals surface area contributed by atoms with E-state index in [1.165, 1.54) is 20.3 Å². The number of aryl methyl sites for hydroxylation is 1. The molecule has 0 atom stereocenters. The molecule has 0 aliphatic heterocycles. The predicted octanol–water partition coefficient (Wildman–Crippen LogP) is 3.87. The van der Waals surface area contributed by atoms with Gasteiger partial charge in [0, 0.05) is 8.59 Å². The van der Waals surface area contributed by atoms with Gasteiger partial charge in [0.05, 0.1) is 0 Å². The van der Waals surface area contributed by atoms with Crippen molar-refractivity contribution in [2.24, 2.45) is 0 Å². The standard InChI is InChI=1S/C9H10ClI/c1-5-4-8(11)6(2)7(3)9(5)10/h4H,1-3H3. The summed E-state index contributed by atoms with van der Waals surface area (Å²) in [6.07, 6.45) is 0. The minimum atomic E-state index is 0.905. The van der Waals surface area contributed by atoms with Crippen molar-refractivity contribution in [3.8, 4) is 0 Å². The first kappa shape index (κ1) is 9.33. The number of halogens is 2. The minimum Gasteiger partial charge on any atom is -0.0837 e. The molecule has 0 aliphatic carbocycles. The molecular weight excluding hydrogens is 270 g/mol. The molecule has 0 unspecified atom stereocenters. The topological polar surface area (TPSA) is 0 Å². The number of rotatable bonds is 0. The SMILES string of the molecule is Cc1cc(I)c(C)c(C)c1Cl. The summed E-state index contributed by atoms with van der Waals surface area (Å²) in [6, 6.07) is 2.12. The van der Waals surface area contributed by atoms with Gasteiger partial charge in [-0.05, 0) is 66.1 Å². The molecule has 0 N–H and O–H groups in total. The first-order valence-corrected chi connectivity index (χ1v) is 4.91. The van der Waals surface area contributed by atoms with Gasteiger partial charge in [0.25, 0.3) is 0 Å². The smallest absolute Gasteiger partial charge is 0.0467 e. The van der Waals surface area contributed by atoms with E-state index in [9.17, 15) is 0 Å². The summed E-state index contributed by atoms with van der Waals surface area (Å²) >= 11 is 8.39. The van der Waals surface area contributed by atoms with Gasteiger partial charge in [-0.15, -0.1) is 0 Å². The summed E-state index contributed by atoms with van der Waals surface area (Å²) in [5.74, 6) is 0. The molecule has 0 heterocycles. The Hall–Kier alpha value is 0.240. The summed E-state index contributed by atoms with van der Waals surface area (Å²) in [5, 5.41) is 0.905. The average molecular weight is 281 g/mol. The van der Waals surface area contributed by atoms with E-state index in [-0.39, 0.29) is 0 Å². The van der Waals surface area contributed by atoms with Gasteiger partial charge in [0.2, 0.25) is 0 Å². The molecule has 0 spiro atoms. The molecule has 60 valence electrons. The third-order valence-corrected chi connectivity index (χ3v) is 3.64. The monoisotopic (exact) mass is 280 g/mol. The van der Waals surface area contributed by atoms with E-state index in [1.54, 1.807) is 0 Å². The van der Waals surface area contributed by atoms with Crippen LogP contribution in [-0.4, -0.2) is 0 Å². The van der Waals surface area contributed by atoms with Crippen molar-refractivity contribution in [2.75, 3.05) is 0 Å². The Bertz CT molecular complexity index is 266. The second-order valence-electron chi connectivity index (χ2n) is 2.74. The number of benzene rings is 1. The van der Waals surface area contributed by atoms with Crippen LogP contribution in [0.1, 0.15) is 16.7 Å². The van der Waals surface area contributed by atoms with Crippen molar-refractivity contribution in [1.82, 2.24) is 0 Å². The van der Waals surface area contributed by atoms with Gasteiger partial charge in [-0.1, -0.05) is 11.6 Å². The molecule has 0 aliphatic rings. The van der Waals surface area contributed by atoms with Gasteiger partial charge in [-0.25, -0.2) is 0 Å². The Morgan fingerprint density at radius 2 is 1.73 bits per heavy atom. The molecule has 1 aromatic rings. The van der Waals surface area contributed by atoms with Gasteiger partial charge in [-0.3, -0.25) is 0 Å². The lowest BCUT2D eigenvalue weighted by atomic mass is 10.1. The van der Waals surface area contributed by atoms with Crippen LogP contribution in [0.4, 0.5) is 0 Å². The fraction of sp³-hybridized carbons (Fsp3) is 0.333. The highest BCUT2D eigenvalue weighted by atomic mass is 127. The molecule has 0 radical (unpaired) electrons. The minimum absolute atomic E-state index is 0.905. The van der Waals surface area contributed by atoms with E-state index in [0.717, 1.165) is 5.02 Å². The second-order valence-corrected chi connectivity index (χ2v) is 4.28. The molecule has 11 heavy (non-hydrogen) atoms. The molecule has 0 saturated carbocycles. The zero-order valence-corrected chi connectivity index (χ0v) is 9.75. The molecule has 0 fully saturated rings. The Morgan fingerprint density at radius 1 is 1.18 bits per heavy atom. The second kappa shape index (κ2) is 3.31. The van der Waals surface area contributed by atoms with Gasteiger partial charge in [0.15, 0.2) is 0 Å². The average Bonchev–Trinajstić information content (AvgIpc) is 1.97. The first-order valence-electron chi connectivity index (χ1n) is 3.46. The van der Waals surface area contributed by atoms with Gasteiger partial charge in [-0.2, -0.15) is 0 Å². The Kier molecular flexibility index (Phi) is 2.81. The number of hydrogen-bond acceptors (Lipinski definition) is 0. The van der Waals surface area contributed by atoms with Crippen LogP contribution in [0.3, 0.4) is 0 Å². The van der Waals surface area contributed by atoms with Gasteiger partial charge >= 0.3 is 0 Å². The molecule has 0 saturated heterocycles. The summed E-state index contributed by atoms with van der Waals surface area (Å²) in [7, 11) is 0. The molecule has 1 rings (SSSR count). The van der Waals surface area contributed by atoms with Crippen molar-refractivity contribution < 1.29 is 0 Å². The third-order valence-electron chi connectivity index (χ3n) is 1.94. The van der Waals surface area contributed by atoms with Crippen molar-refractivity contribution in [2.45, 2.75) is 20.8 Å². The highest BCUT2D eigenvalue weighted by Crippen LogP contribution is 2.26. The highest BCUT2D eigenvalue weighted by Gasteiger charge is 2.05. The summed E-state index contributed by atoms with van der Waals surface area (Å²) in [4.78, 5) is 0. The van der Waals surface area contributed by atoms with Crippen LogP contribution in [0.15, 0.2) is 6.07 Å². The van der Waals surface area contributed by atoms with Crippen molar-refractivity contribution >= 4 is 34.2 Å². The van der Waals surface area contributed by atoms with E-state index in [0.29, 0.717) is 0 Å². The summed E-state index contributed by atoms with van der Waals surface area (Å²) in [6.45, 7) is 6.20. The Balaban J connectivity index is 3.46. The molecule has 0 bridgehead atoms. The first-order chi connectivity index (χ1) is 5.04.